The second-order valence-electron chi connectivity index (χ2n) is 10.5. The summed E-state index contributed by atoms with van der Waals surface area (Å²) in [6.45, 7) is 20.6. The third-order valence-corrected chi connectivity index (χ3v) is 14.9. The SMILES string of the molecule is C/C(=C\[C@H](C)[C@H](C(=O)O)[Si](C)(C)C)[Si@@](C)(COCc1ccccc1)C(C)(C)C. The molecule has 5 heteroatoms. The molecule has 0 fully saturated rings. The molecule has 0 spiro atoms. The highest BCUT2D eigenvalue weighted by atomic mass is 28.3. The largest absolute Gasteiger partial charge is 0.481 e. The summed E-state index contributed by atoms with van der Waals surface area (Å²) in [5.74, 6) is -0.623. The Labute approximate surface area is 174 Å². The Kier molecular flexibility index (Phi) is 8.48. The number of aliphatic carboxylic acids is 1. The molecule has 0 aliphatic rings. The summed E-state index contributed by atoms with van der Waals surface area (Å²) in [7, 11) is -3.76. The lowest BCUT2D eigenvalue weighted by Crippen LogP contribution is -2.48. The van der Waals surface area contributed by atoms with Gasteiger partial charge in [-0.15, -0.1) is 0 Å². The topological polar surface area (TPSA) is 46.5 Å². The molecule has 3 atom stereocenters. The lowest BCUT2D eigenvalue weighted by Gasteiger charge is -2.41. The average Bonchev–Trinajstić information content (AvgIpc) is 2.52. The van der Waals surface area contributed by atoms with E-state index in [0.29, 0.717) is 6.61 Å². The van der Waals surface area contributed by atoms with Crippen molar-refractivity contribution >= 4 is 22.1 Å². The standard InChI is InChI=1S/C23H40O3Si2/c1-18(21(22(24)25)27(6,7)8)15-19(2)28(9,23(3,4)5)17-26-16-20-13-11-10-12-14-20/h10-15,18,21H,16-17H2,1-9H3,(H,24,25)/b19-15+/t18-,21+,28+/m0/s1. The summed E-state index contributed by atoms with van der Waals surface area (Å²) in [4.78, 5) is 11.9. The number of rotatable bonds is 9. The van der Waals surface area contributed by atoms with Crippen LogP contribution in [-0.2, 0) is 16.1 Å². The second-order valence-corrected chi connectivity index (χ2v) is 21.0. The van der Waals surface area contributed by atoms with E-state index >= 15 is 0 Å². The number of hydrogen-bond acceptors (Lipinski definition) is 2. The normalized spacial score (nSPS) is 17.7. The fraction of sp³-hybridized carbons (Fsp3) is 0.609. The van der Waals surface area contributed by atoms with E-state index in [-0.39, 0.29) is 16.5 Å². The number of allylic oxidation sites excluding steroid dienone is 2. The molecule has 1 aromatic rings. The van der Waals surface area contributed by atoms with Gasteiger partial charge in [0, 0.05) is 6.23 Å². The van der Waals surface area contributed by atoms with Gasteiger partial charge < -0.3 is 9.84 Å². The minimum atomic E-state index is -1.95. The molecule has 0 radical (unpaired) electrons. The first-order chi connectivity index (χ1) is 12.7. The predicted molar refractivity (Wildman–Crippen MR) is 125 cm³/mol. The molecule has 1 rings (SSSR count). The third kappa shape index (κ3) is 6.43. The Morgan fingerprint density at radius 1 is 1.14 bits per heavy atom. The minimum absolute atomic E-state index is 0.0347. The molecule has 0 amide bonds. The molecule has 0 saturated heterocycles. The van der Waals surface area contributed by atoms with E-state index in [1.807, 2.05) is 18.2 Å². The summed E-state index contributed by atoms with van der Waals surface area (Å²) in [5.41, 5.74) is 0.915. The number of carbonyl (C=O) groups is 1. The lowest BCUT2D eigenvalue weighted by atomic mass is 10.1. The maximum absolute atomic E-state index is 11.9. The van der Waals surface area contributed by atoms with Gasteiger partial charge in [-0.2, -0.15) is 0 Å². The van der Waals surface area contributed by atoms with Crippen LogP contribution in [0.15, 0.2) is 41.6 Å². The van der Waals surface area contributed by atoms with Crippen LogP contribution in [0.1, 0.15) is 40.2 Å². The van der Waals surface area contributed by atoms with E-state index in [1.165, 1.54) is 10.8 Å². The van der Waals surface area contributed by atoms with Crippen LogP contribution in [0.3, 0.4) is 0 Å². The van der Waals surface area contributed by atoms with Crippen LogP contribution in [0.25, 0.3) is 0 Å². The molecule has 0 saturated carbocycles. The van der Waals surface area contributed by atoms with E-state index in [2.05, 4.69) is 79.0 Å². The third-order valence-electron chi connectivity index (χ3n) is 6.27. The Bertz CT molecular complexity index is 671. The summed E-state index contributed by atoms with van der Waals surface area (Å²) in [5, 5.41) is 11.3. The van der Waals surface area contributed by atoms with Crippen molar-refractivity contribution in [1.29, 1.82) is 0 Å². The first-order valence-electron chi connectivity index (χ1n) is 10.2. The number of benzene rings is 1. The monoisotopic (exact) mass is 420 g/mol. The zero-order chi connectivity index (χ0) is 21.8. The molecule has 0 unspecified atom stereocenters. The maximum atomic E-state index is 11.9. The van der Waals surface area contributed by atoms with E-state index in [4.69, 9.17) is 4.74 Å². The Morgan fingerprint density at radius 2 is 1.68 bits per heavy atom. The summed E-state index contributed by atoms with van der Waals surface area (Å²) >= 11 is 0. The fourth-order valence-corrected chi connectivity index (χ4v) is 9.33. The Morgan fingerprint density at radius 3 is 2.11 bits per heavy atom. The van der Waals surface area contributed by atoms with Gasteiger partial charge >= 0.3 is 5.97 Å². The lowest BCUT2D eigenvalue weighted by molar-refractivity contribution is -0.137. The molecule has 28 heavy (non-hydrogen) atoms. The average molecular weight is 421 g/mol. The quantitative estimate of drug-likeness (QED) is 0.462. The van der Waals surface area contributed by atoms with Crippen molar-refractivity contribution < 1.29 is 14.6 Å². The van der Waals surface area contributed by atoms with Crippen LogP contribution < -0.4 is 0 Å². The van der Waals surface area contributed by atoms with E-state index in [1.54, 1.807) is 0 Å². The molecule has 1 aromatic carbocycles. The fourth-order valence-electron chi connectivity index (χ4n) is 3.93. The van der Waals surface area contributed by atoms with Gasteiger partial charge in [-0.05, 0) is 23.4 Å². The van der Waals surface area contributed by atoms with Crippen LogP contribution >= 0.6 is 0 Å². The van der Waals surface area contributed by atoms with Crippen LogP contribution in [0.2, 0.25) is 36.8 Å². The second kappa shape index (κ2) is 9.55. The first-order valence-corrected chi connectivity index (χ1v) is 16.5. The molecular formula is C23H40O3Si2. The molecule has 0 aliphatic carbocycles. The van der Waals surface area contributed by atoms with Crippen molar-refractivity contribution in [2.75, 3.05) is 6.23 Å². The van der Waals surface area contributed by atoms with Gasteiger partial charge in [0.2, 0.25) is 0 Å². The Balaban J connectivity index is 3.07. The summed E-state index contributed by atoms with van der Waals surface area (Å²) in [6.07, 6.45) is 2.99. The van der Waals surface area contributed by atoms with Gasteiger partial charge in [0.05, 0.1) is 20.2 Å². The molecule has 1 N–H and O–H groups in total. The number of carboxylic acid groups (broad SMARTS) is 1. The van der Waals surface area contributed by atoms with Gasteiger partial charge in [0.15, 0.2) is 0 Å². The van der Waals surface area contributed by atoms with E-state index in [0.717, 1.165) is 6.23 Å². The predicted octanol–water partition coefficient (Wildman–Crippen LogP) is 6.54. The molecule has 158 valence electrons. The molecule has 0 aromatic heterocycles. The smallest absolute Gasteiger partial charge is 0.304 e. The summed E-state index contributed by atoms with van der Waals surface area (Å²) < 4.78 is 6.20. The zero-order valence-electron chi connectivity index (χ0n) is 19.3. The number of ether oxygens (including phenoxy) is 1. The van der Waals surface area contributed by atoms with Crippen LogP contribution in [0, 0.1) is 5.92 Å². The minimum Gasteiger partial charge on any atom is -0.481 e. The van der Waals surface area contributed by atoms with Crippen molar-refractivity contribution in [3.8, 4) is 0 Å². The Hall–Kier alpha value is -1.18. The van der Waals surface area contributed by atoms with Crippen LogP contribution in [0.5, 0.6) is 0 Å². The molecule has 3 nitrogen and oxygen atoms in total. The maximum Gasteiger partial charge on any atom is 0.304 e. The van der Waals surface area contributed by atoms with E-state index < -0.39 is 22.1 Å². The number of hydrogen-bond donors (Lipinski definition) is 1. The number of carboxylic acids is 1. The zero-order valence-corrected chi connectivity index (χ0v) is 21.3. The highest BCUT2D eigenvalue weighted by Gasteiger charge is 2.43. The van der Waals surface area contributed by atoms with Crippen LogP contribution in [0.4, 0.5) is 0 Å². The van der Waals surface area contributed by atoms with Crippen molar-refractivity contribution in [2.45, 2.75) is 78.0 Å². The molecule has 0 bridgehead atoms. The van der Waals surface area contributed by atoms with Gasteiger partial charge in [-0.1, -0.05) is 95.5 Å². The van der Waals surface area contributed by atoms with Gasteiger partial charge in [-0.3, -0.25) is 4.79 Å². The van der Waals surface area contributed by atoms with Crippen LogP contribution in [-0.4, -0.2) is 33.5 Å². The molecular weight excluding hydrogens is 380 g/mol. The highest BCUT2D eigenvalue weighted by Crippen LogP contribution is 2.42. The first kappa shape index (κ1) is 24.9. The van der Waals surface area contributed by atoms with Gasteiger partial charge in [-0.25, -0.2) is 0 Å². The molecule has 0 heterocycles. The molecule has 0 aliphatic heterocycles. The highest BCUT2D eigenvalue weighted by molar-refractivity contribution is 6.87. The van der Waals surface area contributed by atoms with E-state index in [9.17, 15) is 9.90 Å². The van der Waals surface area contributed by atoms with Gasteiger partial charge in [0.25, 0.3) is 0 Å². The van der Waals surface area contributed by atoms with Crippen molar-refractivity contribution in [3.63, 3.8) is 0 Å². The van der Waals surface area contributed by atoms with Crippen molar-refractivity contribution in [3.05, 3.63) is 47.2 Å². The van der Waals surface area contributed by atoms with Crippen molar-refractivity contribution in [1.82, 2.24) is 0 Å². The van der Waals surface area contributed by atoms with Gasteiger partial charge in [0.1, 0.15) is 8.07 Å². The summed E-state index contributed by atoms with van der Waals surface area (Å²) in [6, 6.07) is 10.3. The van der Waals surface area contributed by atoms with Crippen molar-refractivity contribution in [2.24, 2.45) is 5.92 Å².